The molecule has 3 aromatic rings. The SMILES string of the molecule is Fc1cnc(N=NCc2ccc(Br)cc2)nc1Nc1ccc(OC(F)(F)F)cc1. The summed E-state index contributed by atoms with van der Waals surface area (Å²) in [5.41, 5.74) is 1.22. The maximum absolute atomic E-state index is 13.9. The molecule has 2 aromatic carbocycles. The van der Waals surface area contributed by atoms with E-state index in [1.807, 2.05) is 24.3 Å². The third-order valence-corrected chi connectivity index (χ3v) is 3.94. The average molecular weight is 470 g/mol. The highest BCUT2D eigenvalue weighted by Gasteiger charge is 2.30. The number of ether oxygens (including phenoxy) is 1. The van der Waals surface area contributed by atoms with Gasteiger partial charge in [-0.25, -0.2) is 9.37 Å². The van der Waals surface area contributed by atoms with Gasteiger partial charge in [0.2, 0.25) is 0 Å². The van der Waals surface area contributed by atoms with E-state index in [9.17, 15) is 17.6 Å². The first-order chi connectivity index (χ1) is 13.8. The van der Waals surface area contributed by atoms with E-state index in [0.717, 1.165) is 28.4 Å². The van der Waals surface area contributed by atoms with Crippen LogP contribution < -0.4 is 10.1 Å². The fourth-order valence-corrected chi connectivity index (χ4v) is 2.40. The quantitative estimate of drug-likeness (QED) is 0.339. The maximum atomic E-state index is 13.9. The van der Waals surface area contributed by atoms with Crippen molar-refractivity contribution in [3.8, 4) is 5.75 Å². The summed E-state index contributed by atoms with van der Waals surface area (Å²) in [7, 11) is 0. The third-order valence-electron chi connectivity index (χ3n) is 3.41. The van der Waals surface area contributed by atoms with Crippen molar-refractivity contribution in [3.63, 3.8) is 0 Å². The summed E-state index contributed by atoms with van der Waals surface area (Å²) in [6.07, 6.45) is -3.87. The molecule has 3 rings (SSSR count). The van der Waals surface area contributed by atoms with Crippen molar-refractivity contribution in [2.24, 2.45) is 10.2 Å². The molecule has 0 atom stereocenters. The predicted octanol–water partition coefficient (Wildman–Crippen LogP) is 6.30. The Labute approximate surface area is 170 Å². The first-order valence-electron chi connectivity index (χ1n) is 8.06. The van der Waals surface area contributed by atoms with Gasteiger partial charge in [-0.1, -0.05) is 28.1 Å². The van der Waals surface area contributed by atoms with E-state index in [1.54, 1.807) is 0 Å². The molecular weight excluding hydrogens is 458 g/mol. The molecule has 11 heteroatoms. The van der Waals surface area contributed by atoms with Crippen LogP contribution in [-0.4, -0.2) is 16.3 Å². The van der Waals surface area contributed by atoms with Crippen LogP contribution in [0.3, 0.4) is 0 Å². The van der Waals surface area contributed by atoms with Crippen molar-refractivity contribution in [1.82, 2.24) is 9.97 Å². The van der Waals surface area contributed by atoms with E-state index >= 15 is 0 Å². The fourth-order valence-electron chi connectivity index (χ4n) is 2.14. The smallest absolute Gasteiger partial charge is 0.406 e. The Morgan fingerprint density at radius 2 is 1.72 bits per heavy atom. The highest BCUT2D eigenvalue weighted by molar-refractivity contribution is 9.10. The standard InChI is InChI=1S/C18H12BrF4N5O/c19-12-3-1-11(2-4-12)9-25-28-17-24-10-15(20)16(27-17)26-13-5-7-14(8-6-13)29-18(21,22)23/h1-8,10H,9H2,(H,24,26,27). The van der Waals surface area contributed by atoms with Gasteiger partial charge in [0.25, 0.3) is 5.95 Å². The zero-order valence-corrected chi connectivity index (χ0v) is 16.1. The minimum absolute atomic E-state index is 0.0666. The maximum Gasteiger partial charge on any atom is 0.573 e. The summed E-state index contributed by atoms with van der Waals surface area (Å²) in [5.74, 6) is -1.41. The van der Waals surface area contributed by atoms with Gasteiger partial charge in [-0.15, -0.1) is 18.3 Å². The Morgan fingerprint density at radius 1 is 1.03 bits per heavy atom. The van der Waals surface area contributed by atoms with Crippen LogP contribution in [0.15, 0.2) is 69.4 Å². The van der Waals surface area contributed by atoms with Crippen LogP contribution in [0, 0.1) is 5.82 Å². The molecule has 0 spiro atoms. The number of anilines is 2. The number of hydrogen-bond acceptors (Lipinski definition) is 6. The first kappa shape index (κ1) is 20.6. The second-order valence-corrected chi connectivity index (χ2v) is 6.51. The lowest BCUT2D eigenvalue weighted by Crippen LogP contribution is -2.17. The molecule has 1 aromatic heterocycles. The number of halogens is 5. The zero-order chi connectivity index (χ0) is 20.9. The molecule has 0 unspecified atom stereocenters. The van der Waals surface area contributed by atoms with E-state index < -0.39 is 17.9 Å². The van der Waals surface area contributed by atoms with Crippen LogP contribution in [0.1, 0.15) is 5.56 Å². The minimum Gasteiger partial charge on any atom is -0.406 e. The van der Waals surface area contributed by atoms with E-state index in [0.29, 0.717) is 5.69 Å². The average Bonchev–Trinajstić information content (AvgIpc) is 2.66. The molecular formula is C18H12BrF4N5O. The Kier molecular flexibility index (Phi) is 6.37. The number of nitrogens with zero attached hydrogens (tertiary/aromatic N) is 4. The Balaban J connectivity index is 1.67. The van der Waals surface area contributed by atoms with Gasteiger partial charge in [0.15, 0.2) is 11.6 Å². The van der Waals surface area contributed by atoms with Gasteiger partial charge >= 0.3 is 6.36 Å². The number of benzene rings is 2. The van der Waals surface area contributed by atoms with Crippen molar-refractivity contribution in [2.45, 2.75) is 12.9 Å². The molecule has 0 saturated heterocycles. The van der Waals surface area contributed by atoms with Crippen LogP contribution in [-0.2, 0) is 6.54 Å². The lowest BCUT2D eigenvalue weighted by atomic mass is 10.2. The van der Waals surface area contributed by atoms with E-state index in [2.05, 4.69) is 46.2 Å². The first-order valence-corrected chi connectivity index (χ1v) is 8.85. The van der Waals surface area contributed by atoms with E-state index in [1.165, 1.54) is 12.1 Å². The Bertz CT molecular complexity index is 995. The van der Waals surface area contributed by atoms with Gasteiger partial charge < -0.3 is 10.1 Å². The summed E-state index contributed by atoms with van der Waals surface area (Å²) in [6.45, 7) is 0.289. The fraction of sp³-hybridized carbons (Fsp3) is 0.111. The topological polar surface area (TPSA) is 71.8 Å². The number of hydrogen-bond donors (Lipinski definition) is 1. The largest absolute Gasteiger partial charge is 0.573 e. The van der Waals surface area contributed by atoms with Crippen molar-refractivity contribution in [1.29, 1.82) is 0 Å². The van der Waals surface area contributed by atoms with Gasteiger partial charge in [0.05, 0.1) is 12.7 Å². The van der Waals surface area contributed by atoms with Crippen LogP contribution in [0.5, 0.6) is 5.75 Å². The molecule has 0 aliphatic carbocycles. The predicted molar refractivity (Wildman–Crippen MR) is 101 cm³/mol. The molecule has 0 aliphatic heterocycles. The lowest BCUT2D eigenvalue weighted by molar-refractivity contribution is -0.274. The monoisotopic (exact) mass is 469 g/mol. The molecule has 0 saturated carbocycles. The highest BCUT2D eigenvalue weighted by atomic mass is 79.9. The van der Waals surface area contributed by atoms with Crippen LogP contribution >= 0.6 is 15.9 Å². The summed E-state index contributed by atoms with van der Waals surface area (Å²) in [4.78, 5) is 7.66. The molecule has 29 heavy (non-hydrogen) atoms. The van der Waals surface area contributed by atoms with Crippen molar-refractivity contribution in [3.05, 3.63) is 70.6 Å². The molecule has 0 aliphatic rings. The summed E-state index contributed by atoms with van der Waals surface area (Å²) in [6, 6.07) is 12.2. The minimum atomic E-state index is -4.79. The molecule has 0 radical (unpaired) electrons. The molecule has 0 amide bonds. The highest BCUT2D eigenvalue weighted by Crippen LogP contribution is 2.26. The van der Waals surface area contributed by atoms with E-state index in [-0.39, 0.29) is 18.3 Å². The van der Waals surface area contributed by atoms with Crippen LogP contribution in [0.25, 0.3) is 0 Å². The second kappa shape index (κ2) is 8.95. The van der Waals surface area contributed by atoms with Gasteiger partial charge in [0.1, 0.15) is 5.75 Å². The van der Waals surface area contributed by atoms with Crippen molar-refractivity contribution < 1.29 is 22.3 Å². The van der Waals surface area contributed by atoms with Crippen molar-refractivity contribution in [2.75, 3.05) is 5.32 Å². The number of alkyl halides is 3. The van der Waals surface area contributed by atoms with Crippen LogP contribution in [0.4, 0.5) is 35.0 Å². The van der Waals surface area contributed by atoms with E-state index in [4.69, 9.17) is 0 Å². The Morgan fingerprint density at radius 3 is 2.38 bits per heavy atom. The van der Waals surface area contributed by atoms with Gasteiger partial charge in [-0.3, -0.25) is 0 Å². The summed E-state index contributed by atoms with van der Waals surface area (Å²) < 4.78 is 55.2. The number of rotatable bonds is 6. The molecule has 150 valence electrons. The molecule has 1 heterocycles. The van der Waals surface area contributed by atoms with Gasteiger partial charge in [0, 0.05) is 10.2 Å². The number of nitrogens with one attached hydrogen (secondary N) is 1. The second-order valence-electron chi connectivity index (χ2n) is 5.59. The van der Waals surface area contributed by atoms with Gasteiger partial charge in [-0.2, -0.15) is 10.1 Å². The third kappa shape index (κ3) is 6.49. The zero-order valence-electron chi connectivity index (χ0n) is 14.5. The normalized spacial score (nSPS) is 11.6. The number of azo groups is 1. The summed E-state index contributed by atoms with van der Waals surface area (Å²) >= 11 is 3.34. The number of aromatic nitrogens is 2. The molecule has 6 nitrogen and oxygen atoms in total. The summed E-state index contributed by atoms with van der Waals surface area (Å²) in [5, 5.41) is 10.5. The Hall–Kier alpha value is -3.08. The molecule has 0 fully saturated rings. The van der Waals surface area contributed by atoms with Crippen molar-refractivity contribution >= 4 is 33.4 Å². The van der Waals surface area contributed by atoms with Crippen LogP contribution in [0.2, 0.25) is 0 Å². The molecule has 1 N–H and O–H groups in total. The lowest BCUT2D eigenvalue weighted by Gasteiger charge is -2.10. The van der Waals surface area contributed by atoms with Gasteiger partial charge in [-0.05, 0) is 42.0 Å². The molecule has 0 bridgehead atoms.